The van der Waals surface area contributed by atoms with Crippen molar-refractivity contribution in [2.24, 2.45) is 0 Å². The van der Waals surface area contributed by atoms with Gasteiger partial charge in [0.25, 0.3) is 5.91 Å². The van der Waals surface area contributed by atoms with Gasteiger partial charge >= 0.3 is 5.97 Å². The number of nitrogens with zero attached hydrogens (tertiary/aromatic N) is 1. The van der Waals surface area contributed by atoms with Crippen LogP contribution >= 0.6 is 12.2 Å². The number of benzene rings is 1. The molecular weight excluding hydrogens is 430 g/mol. The first-order chi connectivity index (χ1) is 15.3. The fraction of sp³-hybridized carbons (Fsp3) is 0.565. The van der Waals surface area contributed by atoms with E-state index in [9.17, 15) is 14.4 Å². The van der Waals surface area contributed by atoms with Crippen molar-refractivity contribution in [2.45, 2.75) is 65.0 Å². The predicted molar refractivity (Wildman–Crippen MR) is 125 cm³/mol. The largest absolute Gasteiger partial charge is 0.493 e. The minimum absolute atomic E-state index is 0.0879. The number of thiocarbonyl (C=S) groups is 1. The number of amides is 2. The summed E-state index contributed by atoms with van der Waals surface area (Å²) >= 11 is 5.42. The van der Waals surface area contributed by atoms with Gasteiger partial charge in [0.05, 0.1) is 24.7 Å². The summed E-state index contributed by atoms with van der Waals surface area (Å²) in [5.41, 5.74) is 0.363. The Morgan fingerprint density at radius 3 is 2.72 bits per heavy atom. The molecule has 0 aliphatic carbocycles. The van der Waals surface area contributed by atoms with Crippen molar-refractivity contribution in [3.8, 4) is 5.75 Å². The van der Waals surface area contributed by atoms with Crippen LogP contribution in [0.5, 0.6) is 5.75 Å². The minimum atomic E-state index is -0.840. The van der Waals surface area contributed by atoms with E-state index in [0.717, 1.165) is 25.7 Å². The van der Waals surface area contributed by atoms with Gasteiger partial charge in [-0.1, -0.05) is 38.3 Å². The molecule has 2 rings (SSSR count). The summed E-state index contributed by atoms with van der Waals surface area (Å²) in [4.78, 5) is 39.0. The first-order valence-electron chi connectivity index (χ1n) is 11.1. The van der Waals surface area contributed by atoms with Gasteiger partial charge in [0.15, 0.2) is 5.11 Å². The summed E-state index contributed by atoms with van der Waals surface area (Å²) in [7, 11) is 0. The first-order valence-corrected chi connectivity index (χ1v) is 11.5. The topological polar surface area (TPSA) is 97.0 Å². The molecular formula is C23H33N3O5S. The first kappa shape index (κ1) is 25.6. The molecule has 9 heteroatoms. The van der Waals surface area contributed by atoms with Crippen LogP contribution in [0.25, 0.3) is 0 Å². The molecule has 1 aliphatic rings. The molecule has 1 heterocycles. The molecule has 2 N–H and O–H groups in total. The summed E-state index contributed by atoms with van der Waals surface area (Å²) in [6, 6.07) is 6.13. The van der Waals surface area contributed by atoms with Crippen LogP contribution in [0.15, 0.2) is 24.3 Å². The molecule has 1 aromatic rings. The van der Waals surface area contributed by atoms with Crippen LogP contribution in [-0.4, -0.2) is 59.6 Å². The molecule has 0 radical (unpaired) electrons. The van der Waals surface area contributed by atoms with Gasteiger partial charge in [0.2, 0.25) is 5.91 Å². The lowest BCUT2D eigenvalue weighted by atomic mass is 10.1. The van der Waals surface area contributed by atoms with Gasteiger partial charge in [-0.3, -0.25) is 19.7 Å². The standard InChI is InChI=1S/C23H33N3O5S/c1-4-5-6-9-14-30-19-11-8-7-10-17(19)21(28)25-23(32)26-13-12-24-22(29)18(26)15-20(27)31-16(2)3/h7-8,10-11,16,18H,4-6,9,12-15H2,1-3H3,(H,24,29)(H,25,28,32). The quantitative estimate of drug-likeness (QED) is 0.313. The average Bonchev–Trinajstić information content (AvgIpc) is 2.74. The van der Waals surface area contributed by atoms with Crippen LogP contribution < -0.4 is 15.4 Å². The molecule has 1 saturated heterocycles. The van der Waals surface area contributed by atoms with Crippen LogP contribution in [0.1, 0.15) is 63.2 Å². The zero-order chi connectivity index (χ0) is 23.5. The number of unbranched alkanes of at least 4 members (excludes halogenated alkanes) is 3. The van der Waals surface area contributed by atoms with E-state index in [4.69, 9.17) is 21.7 Å². The van der Waals surface area contributed by atoms with E-state index in [1.807, 2.05) is 6.07 Å². The Balaban J connectivity index is 2.03. The zero-order valence-electron chi connectivity index (χ0n) is 19.0. The van der Waals surface area contributed by atoms with Gasteiger partial charge in [-0.2, -0.15) is 0 Å². The van der Waals surface area contributed by atoms with Gasteiger partial charge in [0.1, 0.15) is 11.8 Å². The lowest BCUT2D eigenvalue weighted by Gasteiger charge is -2.36. The third-order valence-corrected chi connectivity index (χ3v) is 5.26. The fourth-order valence-electron chi connectivity index (χ4n) is 3.36. The molecule has 0 saturated carbocycles. The average molecular weight is 464 g/mol. The molecule has 32 heavy (non-hydrogen) atoms. The number of hydrogen-bond acceptors (Lipinski definition) is 6. The molecule has 1 aromatic carbocycles. The SMILES string of the molecule is CCCCCCOc1ccccc1C(=O)NC(=S)N1CCNC(=O)C1CC(=O)OC(C)C. The Hall–Kier alpha value is -2.68. The Morgan fingerprint density at radius 1 is 1.25 bits per heavy atom. The zero-order valence-corrected chi connectivity index (χ0v) is 19.8. The molecule has 1 aliphatic heterocycles. The summed E-state index contributed by atoms with van der Waals surface area (Å²) < 4.78 is 11.0. The van der Waals surface area contributed by atoms with Crippen molar-refractivity contribution in [3.05, 3.63) is 29.8 Å². The van der Waals surface area contributed by atoms with E-state index in [-0.39, 0.29) is 23.5 Å². The highest BCUT2D eigenvalue weighted by Crippen LogP contribution is 2.19. The molecule has 1 atom stereocenters. The van der Waals surface area contributed by atoms with Crippen molar-refractivity contribution in [1.82, 2.24) is 15.5 Å². The molecule has 1 fully saturated rings. The number of carbonyl (C=O) groups excluding carboxylic acids is 3. The van der Waals surface area contributed by atoms with E-state index in [1.54, 1.807) is 36.9 Å². The van der Waals surface area contributed by atoms with Crippen LogP contribution in [0.3, 0.4) is 0 Å². The summed E-state index contributed by atoms with van der Waals surface area (Å²) in [6.45, 7) is 6.89. The van der Waals surface area contributed by atoms with Gasteiger partial charge in [-0.15, -0.1) is 0 Å². The number of esters is 1. The third kappa shape index (κ3) is 7.78. The molecule has 8 nitrogen and oxygen atoms in total. The third-order valence-electron chi connectivity index (χ3n) is 4.93. The van der Waals surface area contributed by atoms with E-state index < -0.39 is 17.9 Å². The number of nitrogens with one attached hydrogen (secondary N) is 2. The van der Waals surface area contributed by atoms with Gasteiger partial charge in [-0.25, -0.2) is 0 Å². The molecule has 2 amide bonds. The second-order valence-corrected chi connectivity index (χ2v) is 8.29. The van der Waals surface area contributed by atoms with E-state index in [1.165, 1.54) is 0 Å². The highest BCUT2D eigenvalue weighted by Gasteiger charge is 2.34. The van der Waals surface area contributed by atoms with Crippen LogP contribution in [0.2, 0.25) is 0 Å². The van der Waals surface area contributed by atoms with Crippen molar-refractivity contribution in [1.29, 1.82) is 0 Å². The van der Waals surface area contributed by atoms with Crippen LogP contribution in [-0.2, 0) is 14.3 Å². The van der Waals surface area contributed by atoms with E-state index >= 15 is 0 Å². The van der Waals surface area contributed by atoms with Gasteiger partial charge < -0.3 is 19.7 Å². The smallest absolute Gasteiger partial charge is 0.308 e. The second kappa shape index (κ2) is 13.0. The molecule has 0 bridgehead atoms. The summed E-state index contributed by atoms with van der Waals surface area (Å²) in [5.74, 6) is -0.765. The molecule has 0 aromatic heterocycles. The number of hydrogen-bond donors (Lipinski definition) is 2. The Bertz CT molecular complexity index is 815. The fourth-order valence-corrected chi connectivity index (χ4v) is 3.67. The van der Waals surface area contributed by atoms with Crippen molar-refractivity contribution in [2.75, 3.05) is 19.7 Å². The number of piperazine rings is 1. The van der Waals surface area contributed by atoms with Crippen molar-refractivity contribution in [3.63, 3.8) is 0 Å². The highest BCUT2D eigenvalue weighted by atomic mass is 32.1. The monoisotopic (exact) mass is 463 g/mol. The Morgan fingerprint density at radius 2 is 2.00 bits per heavy atom. The maximum Gasteiger partial charge on any atom is 0.308 e. The van der Waals surface area contributed by atoms with Crippen molar-refractivity contribution < 1.29 is 23.9 Å². The Labute approximate surface area is 195 Å². The van der Waals surface area contributed by atoms with Gasteiger partial charge in [-0.05, 0) is 44.6 Å². The number of rotatable bonds is 10. The molecule has 0 spiro atoms. The second-order valence-electron chi connectivity index (χ2n) is 7.91. The normalized spacial score (nSPS) is 15.8. The lowest BCUT2D eigenvalue weighted by Crippen LogP contribution is -2.60. The number of ether oxygens (including phenoxy) is 2. The summed E-state index contributed by atoms with van der Waals surface area (Å²) in [5, 5.41) is 5.50. The van der Waals surface area contributed by atoms with Crippen LogP contribution in [0, 0.1) is 0 Å². The highest BCUT2D eigenvalue weighted by molar-refractivity contribution is 7.80. The maximum atomic E-state index is 12.9. The molecule has 176 valence electrons. The number of para-hydroxylation sites is 1. The maximum absolute atomic E-state index is 12.9. The van der Waals surface area contributed by atoms with Gasteiger partial charge in [0, 0.05) is 13.1 Å². The summed E-state index contributed by atoms with van der Waals surface area (Å²) in [6.07, 6.45) is 3.84. The van der Waals surface area contributed by atoms with Crippen molar-refractivity contribution >= 4 is 35.1 Å². The lowest BCUT2D eigenvalue weighted by molar-refractivity contribution is -0.150. The van der Waals surface area contributed by atoms with E-state index in [0.29, 0.717) is 31.0 Å². The minimum Gasteiger partial charge on any atom is -0.493 e. The van der Waals surface area contributed by atoms with Crippen LogP contribution in [0.4, 0.5) is 0 Å². The molecule has 1 unspecified atom stereocenters. The van der Waals surface area contributed by atoms with E-state index in [2.05, 4.69) is 17.6 Å². The number of carbonyl (C=O) groups is 3. The predicted octanol–water partition coefficient (Wildman–Crippen LogP) is 2.80. The Kier molecular flexibility index (Phi) is 10.4.